The molecule has 0 saturated carbocycles. The third kappa shape index (κ3) is 4.50. The SMILES string of the molecule is COc1ccc2cc([C@H](CCC(=O)O)[C@H](C(=O)O)C(C)C)ccc2c1. The van der Waals surface area contributed by atoms with E-state index in [-0.39, 0.29) is 18.3 Å². The summed E-state index contributed by atoms with van der Waals surface area (Å²) in [6.07, 6.45) is 0.244. The average Bonchev–Trinajstić information content (AvgIpc) is 2.56. The van der Waals surface area contributed by atoms with Crippen LogP contribution < -0.4 is 4.74 Å². The van der Waals surface area contributed by atoms with Crippen LogP contribution in [0, 0.1) is 11.8 Å². The van der Waals surface area contributed by atoms with Gasteiger partial charge in [0, 0.05) is 6.42 Å². The largest absolute Gasteiger partial charge is 0.497 e. The van der Waals surface area contributed by atoms with Gasteiger partial charge in [0.05, 0.1) is 13.0 Å². The number of methoxy groups -OCH3 is 1. The maximum absolute atomic E-state index is 11.8. The Morgan fingerprint density at radius 2 is 1.68 bits per heavy atom. The van der Waals surface area contributed by atoms with Gasteiger partial charge in [-0.25, -0.2) is 0 Å². The van der Waals surface area contributed by atoms with Crippen molar-refractivity contribution in [3.8, 4) is 5.75 Å². The maximum atomic E-state index is 11.8. The first-order valence-electron chi connectivity index (χ1n) is 8.35. The zero-order valence-electron chi connectivity index (χ0n) is 14.7. The summed E-state index contributed by atoms with van der Waals surface area (Å²) >= 11 is 0. The molecule has 2 atom stereocenters. The van der Waals surface area contributed by atoms with Crippen LogP contribution in [0.15, 0.2) is 36.4 Å². The third-order valence-electron chi connectivity index (χ3n) is 4.61. The Labute approximate surface area is 147 Å². The van der Waals surface area contributed by atoms with Crippen molar-refractivity contribution in [3.63, 3.8) is 0 Å². The lowest BCUT2D eigenvalue weighted by Crippen LogP contribution is -2.27. The van der Waals surface area contributed by atoms with E-state index in [2.05, 4.69) is 0 Å². The summed E-state index contributed by atoms with van der Waals surface area (Å²) in [7, 11) is 1.61. The predicted molar refractivity (Wildman–Crippen MR) is 96.1 cm³/mol. The zero-order valence-corrected chi connectivity index (χ0v) is 14.7. The van der Waals surface area contributed by atoms with Gasteiger partial charge >= 0.3 is 11.9 Å². The molecular formula is C20H24O5. The summed E-state index contributed by atoms with van der Waals surface area (Å²) in [6.45, 7) is 3.72. The van der Waals surface area contributed by atoms with Crippen LogP contribution in [-0.4, -0.2) is 29.3 Å². The van der Waals surface area contributed by atoms with Gasteiger partial charge in [0.2, 0.25) is 0 Å². The summed E-state index contributed by atoms with van der Waals surface area (Å²) in [6, 6.07) is 11.5. The molecule has 0 unspecified atom stereocenters. The topological polar surface area (TPSA) is 83.8 Å². The van der Waals surface area contributed by atoms with Gasteiger partial charge in [0.15, 0.2) is 0 Å². The average molecular weight is 344 g/mol. The fourth-order valence-corrected chi connectivity index (χ4v) is 3.35. The fourth-order valence-electron chi connectivity index (χ4n) is 3.35. The van der Waals surface area contributed by atoms with E-state index >= 15 is 0 Å². The van der Waals surface area contributed by atoms with Crippen LogP contribution >= 0.6 is 0 Å². The van der Waals surface area contributed by atoms with Crippen LogP contribution in [0.5, 0.6) is 5.75 Å². The Kier molecular flexibility index (Phi) is 6.02. The summed E-state index contributed by atoms with van der Waals surface area (Å²) in [5, 5.41) is 20.7. The van der Waals surface area contributed by atoms with E-state index in [1.165, 1.54) is 0 Å². The number of hydrogen-bond donors (Lipinski definition) is 2. The summed E-state index contributed by atoms with van der Waals surface area (Å²) in [4.78, 5) is 22.8. The molecule has 25 heavy (non-hydrogen) atoms. The molecule has 2 aromatic carbocycles. The molecule has 0 fully saturated rings. The molecule has 0 aliphatic rings. The van der Waals surface area contributed by atoms with Crippen molar-refractivity contribution in [1.82, 2.24) is 0 Å². The number of carboxylic acids is 2. The molecule has 0 amide bonds. The Bertz CT molecular complexity index is 766. The Hall–Kier alpha value is -2.56. The van der Waals surface area contributed by atoms with E-state index in [4.69, 9.17) is 9.84 Å². The van der Waals surface area contributed by atoms with Crippen molar-refractivity contribution in [2.45, 2.75) is 32.6 Å². The molecule has 0 heterocycles. The van der Waals surface area contributed by atoms with Gasteiger partial charge in [-0.1, -0.05) is 38.1 Å². The standard InChI is InChI=1S/C20H24O5/c1-12(2)19(20(23)24)17(8-9-18(21)22)15-5-4-14-11-16(25-3)7-6-13(14)10-15/h4-7,10-12,17,19H,8-9H2,1-3H3,(H,21,22)(H,23,24)/t17-,19+/m0/s1. The molecule has 0 aromatic heterocycles. The second-order valence-corrected chi connectivity index (χ2v) is 6.62. The highest BCUT2D eigenvalue weighted by molar-refractivity contribution is 5.85. The van der Waals surface area contributed by atoms with Crippen molar-refractivity contribution in [2.24, 2.45) is 11.8 Å². The smallest absolute Gasteiger partial charge is 0.307 e. The van der Waals surface area contributed by atoms with Crippen LogP contribution in [-0.2, 0) is 9.59 Å². The number of carbonyl (C=O) groups is 2. The number of ether oxygens (including phenoxy) is 1. The van der Waals surface area contributed by atoms with Gasteiger partial charge in [-0.3, -0.25) is 9.59 Å². The zero-order chi connectivity index (χ0) is 18.6. The quantitative estimate of drug-likeness (QED) is 0.751. The van der Waals surface area contributed by atoms with Crippen molar-refractivity contribution < 1.29 is 24.5 Å². The summed E-state index contributed by atoms with van der Waals surface area (Å²) < 4.78 is 5.22. The van der Waals surface area contributed by atoms with Gasteiger partial charge in [-0.05, 0) is 46.7 Å². The van der Waals surface area contributed by atoms with E-state index in [9.17, 15) is 14.7 Å². The van der Waals surface area contributed by atoms with Crippen molar-refractivity contribution in [1.29, 1.82) is 0 Å². The van der Waals surface area contributed by atoms with Crippen LogP contribution in [0.25, 0.3) is 10.8 Å². The molecule has 2 aromatic rings. The minimum Gasteiger partial charge on any atom is -0.497 e. The number of aliphatic carboxylic acids is 2. The molecule has 0 bridgehead atoms. The number of rotatable bonds is 8. The van der Waals surface area contributed by atoms with Crippen LogP contribution in [0.2, 0.25) is 0 Å². The Morgan fingerprint density at radius 3 is 2.24 bits per heavy atom. The van der Waals surface area contributed by atoms with Gasteiger partial charge < -0.3 is 14.9 Å². The minimum atomic E-state index is -0.913. The Morgan fingerprint density at radius 1 is 1.04 bits per heavy atom. The molecule has 0 aliphatic carbocycles. The normalized spacial score (nSPS) is 13.6. The van der Waals surface area contributed by atoms with Crippen LogP contribution in [0.1, 0.15) is 38.2 Å². The first-order chi connectivity index (χ1) is 11.8. The molecule has 5 heteroatoms. The van der Waals surface area contributed by atoms with E-state index in [1.807, 2.05) is 50.2 Å². The first kappa shape index (κ1) is 18.8. The highest BCUT2D eigenvalue weighted by Crippen LogP contribution is 2.36. The number of fused-ring (bicyclic) bond motifs is 1. The Balaban J connectivity index is 2.46. The highest BCUT2D eigenvalue weighted by atomic mass is 16.5. The number of carboxylic acid groups (broad SMARTS) is 2. The molecular weight excluding hydrogens is 320 g/mol. The first-order valence-corrected chi connectivity index (χ1v) is 8.35. The number of hydrogen-bond acceptors (Lipinski definition) is 3. The summed E-state index contributed by atoms with van der Waals surface area (Å²) in [5.74, 6) is -2.12. The fraction of sp³-hybridized carbons (Fsp3) is 0.400. The lowest BCUT2D eigenvalue weighted by atomic mass is 9.76. The molecule has 2 rings (SSSR count). The lowest BCUT2D eigenvalue weighted by molar-refractivity contribution is -0.145. The second kappa shape index (κ2) is 8.01. The molecule has 0 aliphatic heterocycles. The minimum absolute atomic E-state index is 0.0538. The third-order valence-corrected chi connectivity index (χ3v) is 4.61. The van der Waals surface area contributed by atoms with Crippen LogP contribution in [0.3, 0.4) is 0 Å². The molecule has 0 spiro atoms. The van der Waals surface area contributed by atoms with Gasteiger partial charge in [0.1, 0.15) is 5.75 Å². The van der Waals surface area contributed by atoms with E-state index in [1.54, 1.807) is 7.11 Å². The molecule has 2 N–H and O–H groups in total. The van der Waals surface area contributed by atoms with Gasteiger partial charge in [-0.2, -0.15) is 0 Å². The second-order valence-electron chi connectivity index (χ2n) is 6.62. The van der Waals surface area contributed by atoms with E-state index < -0.39 is 17.9 Å². The number of benzene rings is 2. The maximum Gasteiger partial charge on any atom is 0.307 e. The predicted octanol–water partition coefficient (Wildman–Crippen LogP) is 4.15. The molecule has 0 saturated heterocycles. The van der Waals surface area contributed by atoms with Gasteiger partial charge in [-0.15, -0.1) is 0 Å². The molecule has 134 valence electrons. The van der Waals surface area contributed by atoms with Crippen molar-refractivity contribution >= 4 is 22.7 Å². The van der Waals surface area contributed by atoms with Gasteiger partial charge in [0.25, 0.3) is 0 Å². The molecule has 0 radical (unpaired) electrons. The lowest BCUT2D eigenvalue weighted by Gasteiger charge is -2.27. The van der Waals surface area contributed by atoms with E-state index in [0.717, 1.165) is 22.1 Å². The monoisotopic (exact) mass is 344 g/mol. The molecule has 5 nitrogen and oxygen atoms in total. The summed E-state index contributed by atoms with van der Waals surface area (Å²) in [5.41, 5.74) is 0.861. The van der Waals surface area contributed by atoms with Crippen molar-refractivity contribution in [2.75, 3.05) is 7.11 Å². The highest BCUT2D eigenvalue weighted by Gasteiger charge is 2.32. The van der Waals surface area contributed by atoms with Crippen LogP contribution in [0.4, 0.5) is 0 Å². The van der Waals surface area contributed by atoms with Crippen molar-refractivity contribution in [3.05, 3.63) is 42.0 Å². The van der Waals surface area contributed by atoms with E-state index in [0.29, 0.717) is 6.42 Å².